The Morgan fingerprint density at radius 1 is 1.82 bits per heavy atom. The van der Waals surface area contributed by atoms with Crippen LogP contribution in [0.1, 0.15) is 19.3 Å². The minimum Gasteiger partial charge on any atom is -0.479 e. The molecule has 0 aromatic rings. The molecule has 1 aliphatic heterocycles. The van der Waals surface area contributed by atoms with E-state index in [-0.39, 0.29) is 12.5 Å². The molecule has 2 atom stereocenters. The summed E-state index contributed by atoms with van der Waals surface area (Å²) in [6.45, 7) is 0.636. The fourth-order valence-corrected chi connectivity index (χ4v) is 1.16. The fraction of sp³-hybridized carbons (Fsp3) is 0.857. The highest BCUT2D eigenvalue weighted by Gasteiger charge is 2.24. The maximum Gasteiger partial charge on any atom is 0.338 e. The molecule has 11 heavy (non-hydrogen) atoms. The van der Waals surface area contributed by atoms with Crippen LogP contribution >= 0.6 is 0 Å². The van der Waals surface area contributed by atoms with Gasteiger partial charge >= 0.3 is 5.97 Å². The van der Waals surface area contributed by atoms with Crippen molar-refractivity contribution in [1.82, 2.24) is 0 Å². The van der Waals surface area contributed by atoms with Crippen LogP contribution in [-0.4, -0.2) is 30.0 Å². The van der Waals surface area contributed by atoms with E-state index in [1.807, 2.05) is 0 Å². The van der Waals surface area contributed by atoms with Crippen LogP contribution in [0.2, 0.25) is 0 Å². The lowest BCUT2D eigenvalue weighted by Gasteiger charge is -2.09. The van der Waals surface area contributed by atoms with E-state index in [2.05, 4.69) is 0 Å². The highest BCUT2D eigenvalue weighted by Crippen LogP contribution is 2.18. The third kappa shape index (κ3) is 2.46. The van der Waals surface area contributed by atoms with Gasteiger partial charge in [-0.05, 0) is 12.8 Å². The summed E-state index contributed by atoms with van der Waals surface area (Å²) in [6.07, 6.45) is -0.251. The quantitative estimate of drug-likeness (QED) is 0.672. The number of halogens is 1. The van der Waals surface area contributed by atoms with E-state index in [4.69, 9.17) is 9.84 Å². The van der Waals surface area contributed by atoms with Crippen LogP contribution in [-0.2, 0) is 9.53 Å². The van der Waals surface area contributed by atoms with Gasteiger partial charge in [-0.25, -0.2) is 9.18 Å². The van der Waals surface area contributed by atoms with Gasteiger partial charge in [0.1, 0.15) is 0 Å². The highest BCUT2D eigenvalue weighted by atomic mass is 19.1. The first-order chi connectivity index (χ1) is 5.20. The van der Waals surface area contributed by atoms with Crippen LogP contribution in [0.5, 0.6) is 0 Å². The second-order valence-corrected chi connectivity index (χ2v) is 2.68. The van der Waals surface area contributed by atoms with Crippen molar-refractivity contribution in [2.75, 3.05) is 6.61 Å². The van der Waals surface area contributed by atoms with E-state index in [1.54, 1.807) is 0 Å². The van der Waals surface area contributed by atoms with Crippen molar-refractivity contribution < 1.29 is 19.0 Å². The molecule has 2 unspecified atom stereocenters. The minimum atomic E-state index is -1.77. The van der Waals surface area contributed by atoms with E-state index in [1.165, 1.54) is 0 Å². The average molecular weight is 162 g/mol. The second kappa shape index (κ2) is 3.67. The summed E-state index contributed by atoms with van der Waals surface area (Å²) >= 11 is 0. The van der Waals surface area contributed by atoms with Crippen LogP contribution in [0, 0.1) is 0 Å². The standard InChI is InChI=1S/C7H11FO3/c8-6(7(9)10)4-5-2-1-3-11-5/h5-6H,1-4H2,(H,9,10). The van der Waals surface area contributed by atoms with E-state index in [0.29, 0.717) is 6.61 Å². The zero-order valence-electron chi connectivity index (χ0n) is 6.12. The summed E-state index contributed by atoms with van der Waals surface area (Å²) in [5.41, 5.74) is 0. The number of ether oxygens (including phenoxy) is 1. The predicted octanol–water partition coefficient (Wildman–Crippen LogP) is 0.978. The Balaban J connectivity index is 2.23. The Labute approximate surface area is 64.2 Å². The van der Waals surface area contributed by atoms with Crippen molar-refractivity contribution in [2.24, 2.45) is 0 Å². The molecule has 0 saturated carbocycles. The van der Waals surface area contributed by atoms with E-state index >= 15 is 0 Å². The van der Waals surface area contributed by atoms with Gasteiger partial charge in [-0.3, -0.25) is 0 Å². The number of hydrogen-bond acceptors (Lipinski definition) is 2. The van der Waals surface area contributed by atoms with Crippen LogP contribution in [0.15, 0.2) is 0 Å². The smallest absolute Gasteiger partial charge is 0.338 e. The van der Waals surface area contributed by atoms with Crippen molar-refractivity contribution in [3.63, 3.8) is 0 Å². The molecular weight excluding hydrogens is 151 g/mol. The summed E-state index contributed by atoms with van der Waals surface area (Å²) in [7, 11) is 0. The molecule has 3 nitrogen and oxygen atoms in total. The van der Waals surface area contributed by atoms with Crippen molar-refractivity contribution >= 4 is 5.97 Å². The number of hydrogen-bond donors (Lipinski definition) is 1. The van der Waals surface area contributed by atoms with Gasteiger partial charge in [0.2, 0.25) is 0 Å². The molecule has 0 aromatic heterocycles. The fourth-order valence-electron chi connectivity index (χ4n) is 1.16. The molecule has 64 valence electrons. The number of carboxylic acid groups (broad SMARTS) is 1. The predicted molar refractivity (Wildman–Crippen MR) is 36.1 cm³/mol. The molecule has 0 amide bonds. The Bertz CT molecular complexity index is 143. The van der Waals surface area contributed by atoms with Gasteiger partial charge in [-0.2, -0.15) is 0 Å². The van der Waals surface area contributed by atoms with Crippen molar-refractivity contribution in [3.8, 4) is 0 Å². The molecule has 1 aliphatic rings. The molecule has 1 fully saturated rings. The summed E-state index contributed by atoms with van der Waals surface area (Å²) in [6, 6.07) is 0. The third-order valence-corrected chi connectivity index (χ3v) is 1.76. The molecule has 4 heteroatoms. The first-order valence-corrected chi connectivity index (χ1v) is 3.68. The maximum absolute atomic E-state index is 12.5. The van der Waals surface area contributed by atoms with Gasteiger partial charge in [-0.1, -0.05) is 0 Å². The number of rotatable bonds is 3. The number of alkyl halides is 1. The number of carbonyl (C=O) groups is 1. The summed E-state index contributed by atoms with van der Waals surface area (Å²) in [5.74, 6) is -1.39. The van der Waals surface area contributed by atoms with Crippen LogP contribution in [0.4, 0.5) is 4.39 Å². The molecule has 0 radical (unpaired) electrons. The lowest BCUT2D eigenvalue weighted by atomic mass is 10.1. The van der Waals surface area contributed by atoms with Crippen LogP contribution in [0.3, 0.4) is 0 Å². The summed E-state index contributed by atoms with van der Waals surface area (Å²) < 4.78 is 17.6. The second-order valence-electron chi connectivity index (χ2n) is 2.68. The summed E-state index contributed by atoms with van der Waals surface area (Å²) in [5, 5.41) is 8.21. The van der Waals surface area contributed by atoms with Crippen molar-refractivity contribution in [1.29, 1.82) is 0 Å². The molecule has 1 N–H and O–H groups in total. The van der Waals surface area contributed by atoms with Gasteiger partial charge in [0, 0.05) is 13.0 Å². The zero-order chi connectivity index (χ0) is 8.27. The molecular formula is C7H11FO3. The molecule has 0 aliphatic carbocycles. The highest BCUT2D eigenvalue weighted by molar-refractivity contribution is 5.72. The lowest BCUT2D eigenvalue weighted by Crippen LogP contribution is -2.21. The molecule has 1 heterocycles. The van der Waals surface area contributed by atoms with E-state index in [0.717, 1.165) is 12.8 Å². The van der Waals surface area contributed by atoms with Gasteiger partial charge < -0.3 is 9.84 Å². The van der Waals surface area contributed by atoms with Gasteiger partial charge in [0.15, 0.2) is 6.17 Å². The van der Waals surface area contributed by atoms with E-state index in [9.17, 15) is 9.18 Å². The third-order valence-electron chi connectivity index (χ3n) is 1.76. The monoisotopic (exact) mass is 162 g/mol. The van der Waals surface area contributed by atoms with Crippen LogP contribution < -0.4 is 0 Å². The first kappa shape index (κ1) is 8.46. The molecule has 0 bridgehead atoms. The SMILES string of the molecule is O=C(O)C(F)CC1CCCO1. The van der Waals surface area contributed by atoms with Crippen LogP contribution in [0.25, 0.3) is 0 Å². The Morgan fingerprint density at radius 3 is 3.00 bits per heavy atom. The Kier molecular flexibility index (Phi) is 2.82. The Morgan fingerprint density at radius 2 is 2.55 bits per heavy atom. The normalized spacial score (nSPS) is 26.8. The molecule has 0 spiro atoms. The molecule has 1 rings (SSSR count). The number of aliphatic carboxylic acids is 1. The van der Waals surface area contributed by atoms with Gasteiger partial charge in [-0.15, -0.1) is 0 Å². The van der Waals surface area contributed by atoms with Crippen molar-refractivity contribution in [2.45, 2.75) is 31.5 Å². The van der Waals surface area contributed by atoms with Gasteiger partial charge in [0.25, 0.3) is 0 Å². The lowest BCUT2D eigenvalue weighted by molar-refractivity contribution is -0.144. The largest absolute Gasteiger partial charge is 0.479 e. The minimum absolute atomic E-state index is 0.00463. The van der Waals surface area contributed by atoms with E-state index < -0.39 is 12.1 Å². The maximum atomic E-state index is 12.5. The first-order valence-electron chi connectivity index (χ1n) is 3.68. The summed E-state index contributed by atoms with van der Waals surface area (Å²) in [4.78, 5) is 10.1. The topological polar surface area (TPSA) is 46.5 Å². The van der Waals surface area contributed by atoms with Crippen molar-refractivity contribution in [3.05, 3.63) is 0 Å². The van der Waals surface area contributed by atoms with Gasteiger partial charge in [0.05, 0.1) is 6.10 Å². The zero-order valence-corrected chi connectivity index (χ0v) is 6.12. The number of carboxylic acids is 1. The Hall–Kier alpha value is -0.640. The molecule has 1 saturated heterocycles. The average Bonchev–Trinajstić information content (AvgIpc) is 2.39. The molecule has 0 aromatic carbocycles.